The van der Waals surface area contributed by atoms with Gasteiger partial charge < -0.3 is 9.64 Å². The van der Waals surface area contributed by atoms with Gasteiger partial charge in [0.15, 0.2) is 0 Å². The summed E-state index contributed by atoms with van der Waals surface area (Å²) in [7, 11) is 1.92. The van der Waals surface area contributed by atoms with Crippen molar-refractivity contribution in [3.05, 3.63) is 34.4 Å². The number of benzene rings is 1. The Morgan fingerprint density at radius 2 is 2.00 bits per heavy atom. The topological polar surface area (TPSA) is 55.6 Å². The summed E-state index contributed by atoms with van der Waals surface area (Å²) in [5.74, 6) is 0. The third-order valence-electron chi connectivity index (χ3n) is 3.20. The quantitative estimate of drug-likeness (QED) is 0.596. The van der Waals surface area contributed by atoms with E-state index < -0.39 is 0 Å². The third-order valence-corrected chi connectivity index (χ3v) is 3.20. The molecule has 0 amide bonds. The molecule has 0 atom stereocenters. The van der Waals surface area contributed by atoms with Gasteiger partial charge in [-0.05, 0) is 18.9 Å². The molecule has 0 saturated carbocycles. The Hall–Kier alpha value is -1.62. The predicted octanol–water partition coefficient (Wildman–Crippen LogP) is 2.21. The minimum absolute atomic E-state index is 0.168. The lowest BCUT2D eigenvalue weighted by Gasteiger charge is -2.32. The summed E-state index contributed by atoms with van der Waals surface area (Å²) >= 11 is 0. The molecule has 1 aliphatic rings. The molecule has 2 rings (SSSR count). The smallest absolute Gasteiger partial charge is 0.292 e. The molecule has 1 aromatic rings. The Balaban J connectivity index is 2.23. The van der Waals surface area contributed by atoms with Crippen LogP contribution in [0.5, 0.6) is 0 Å². The molecule has 1 aromatic carbocycles. The minimum atomic E-state index is -0.328. The van der Waals surface area contributed by atoms with E-state index in [0.29, 0.717) is 11.7 Å². The average molecular weight is 236 g/mol. The van der Waals surface area contributed by atoms with Crippen molar-refractivity contribution < 1.29 is 9.66 Å². The Bertz CT molecular complexity index is 402. The van der Waals surface area contributed by atoms with Crippen LogP contribution in [0.15, 0.2) is 24.3 Å². The van der Waals surface area contributed by atoms with E-state index in [1.165, 1.54) is 0 Å². The molecule has 1 saturated heterocycles. The molecular weight excluding hydrogens is 220 g/mol. The maximum absolute atomic E-state index is 11.0. The van der Waals surface area contributed by atoms with Gasteiger partial charge >= 0.3 is 0 Å². The molecule has 0 unspecified atom stereocenters. The molecule has 1 heterocycles. The number of para-hydroxylation sites is 2. The first-order chi connectivity index (χ1) is 8.20. The summed E-state index contributed by atoms with van der Waals surface area (Å²) in [6, 6.07) is 7.20. The van der Waals surface area contributed by atoms with E-state index in [-0.39, 0.29) is 10.6 Å². The lowest BCUT2D eigenvalue weighted by molar-refractivity contribution is -0.384. The monoisotopic (exact) mass is 236 g/mol. The maximum Gasteiger partial charge on any atom is 0.292 e. The standard InChI is InChI=1S/C12H16N2O3/c1-13(10-6-8-17-9-7-10)11-4-2-3-5-12(11)14(15)16/h2-5,10H,6-9H2,1H3. The first kappa shape index (κ1) is 11.9. The molecule has 0 bridgehead atoms. The van der Waals surface area contributed by atoms with Gasteiger partial charge in [-0.2, -0.15) is 0 Å². The molecule has 5 nitrogen and oxygen atoms in total. The molecule has 0 aliphatic carbocycles. The molecule has 1 fully saturated rings. The molecule has 0 radical (unpaired) electrons. The number of rotatable bonds is 3. The third kappa shape index (κ3) is 2.55. The van der Waals surface area contributed by atoms with E-state index in [2.05, 4.69) is 0 Å². The Labute approximate surface area is 100 Å². The Morgan fingerprint density at radius 1 is 1.35 bits per heavy atom. The van der Waals surface area contributed by atoms with Crippen molar-refractivity contribution in [1.82, 2.24) is 0 Å². The van der Waals surface area contributed by atoms with Gasteiger partial charge in [0.25, 0.3) is 5.69 Å². The highest BCUT2D eigenvalue weighted by molar-refractivity contribution is 5.63. The second-order valence-electron chi connectivity index (χ2n) is 4.20. The van der Waals surface area contributed by atoms with Crippen LogP contribution in [-0.2, 0) is 4.74 Å². The lowest BCUT2D eigenvalue weighted by Crippen LogP contribution is -2.36. The first-order valence-electron chi connectivity index (χ1n) is 5.74. The average Bonchev–Trinajstić information content (AvgIpc) is 2.39. The fourth-order valence-electron chi connectivity index (χ4n) is 2.19. The van der Waals surface area contributed by atoms with Crippen LogP contribution >= 0.6 is 0 Å². The highest BCUT2D eigenvalue weighted by Crippen LogP contribution is 2.30. The van der Waals surface area contributed by atoms with Crippen LogP contribution in [0.2, 0.25) is 0 Å². The molecule has 17 heavy (non-hydrogen) atoms. The van der Waals surface area contributed by atoms with Crippen molar-refractivity contribution in [2.24, 2.45) is 0 Å². The summed E-state index contributed by atoms with van der Waals surface area (Å²) in [4.78, 5) is 12.6. The van der Waals surface area contributed by atoms with Crippen LogP contribution in [0, 0.1) is 10.1 Å². The summed E-state index contributed by atoms with van der Waals surface area (Å²) in [6.45, 7) is 1.46. The maximum atomic E-state index is 11.0. The van der Waals surface area contributed by atoms with Crippen molar-refractivity contribution in [3.8, 4) is 0 Å². The number of hydrogen-bond acceptors (Lipinski definition) is 4. The molecule has 0 N–H and O–H groups in total. The van der Waals surface area contributed by atoms with Gasteiger partial charge in [-0.25, -0.2) is 0 Å². The van der Waals surface area contributed by atoms with Gasteiger partial charge in [0.1, 0.15) is 5.69 Å². The number of ether oxygens (including phenoxy) is 1. The van der Waals surface area contributed by atoms with E-state index in [1.807, 2.05) is 18.0 Å². The summed E-state index contributed by atoms with van der Waals surface area (Å²) in [6.07, 6.45) is 1.84. The number of hydrogen-bond donors (Lipinski definition) is 0. The van der Waals surface area contributed by atoms with Crippen molar-refractivity contribution in [3.63, 3.8) is 0 Å². The van der Waals surface area contributed by atoms with E-state index in [1.54, 1.807) is 18.2 Å². The minimum Gasteiger partial charge on any atom is -0.381 e. The van der Waals surface area contributed by atoms with Crippen LogP contribution in [0.1, 0.15) is 12.8 Å². The van der Waals surface area contributed by atoms with Crippen LogP contribution in [0.3, 0.4) is 0 Å². The largest absolute Gasteiger partial charge is 0.381 e. The number of nitro benzene ring substituents is 1. The van der Waals surface area contributed by atoms with E-state index in [4.69, 9.17) is 4.74 Å². The molecular formula is C12H16N2O3. The summed E-state index contributed by atoms with van der Waals surface area (Å²) in [5.41, 5.74) is 0.853. The lowest BCUT2D eigenvalue weighted by atomic mass is 10.1. The van der Waals surface area contributed by atoms with Crippen LogP contribution in [-0.4, -0.2) is 31.2 Å². The van der Waals surface area contributed by atoms with E-state index in [0.717, 1.165) is 26.1 Å². The van der Waals surface area contributed by atoms with Gasteiger partial charge in [-0.15, -0.1) is 0 Å². The highest BCUT2D eigenvalue weighted by atomic mass is 16.6. The van der Waals surface area contributed by atoms with Crippen molar-refractivity contribution in [2.45, 2.75) is 18.9 Å². The Kier molecular flexibility index (Phi) is 3.58. The fraction of sp³-hybridized carbons (Fsp3) is 0.500. The van der Waals surface area contributed by atoms with Crippen LogP contribution in [0.25, 0.3) is 0 Å². The molecule has 0 aromatic heterocycles. The summed E-state index contributed by atoms with van der Waals surface area (Å²) in [5, 5.41) is 11.0. The zero-order valence-electron chi connectivity index (χ0n) is 9.83. The van der Waals surface area contributed by atoms with Crippen molar-refractivity contribution in [1.29, 1.82) is 0 Å². The molecule has 0 spiro atoms. The summed E-state index contributed by atoms with van der Waals surface area (Å²) < 4.78 is 5.30. The van der Waals surface area contributed by atoms with Gasteiger partial charge in [0.05, 0.1) is 4.92 Å². The first-order valence-corrected chi connectivity index (χ1v) is 5.74. The zero-order chi connectivity index (χ0) is 12.3. The second-order valence-corrected chi connectivity index (χ2v) is 4.20. The van der Waals surface area contributed by atoms with E-state index in [9.17, 15) is 10.1 Å². The number of anilines is 1. The van der Waals surface area contributed by atoms with Crippen LogP contribution in [0.4, 0.5) is 11.4 Å². The van der Waals surface area contributed by atoms with Gasteiger partial charge in [-0.1, -0.05) is 12.1 Å². The highest BCUT2D eigenvalue weighted by Gasteiger charge is 2.23. The van der Waals surface area contributed by atoms with Gasteiger partial charge in [-0.3, -0.25) is 10.1 Å². The fourth-order valence-corrected chi connectivity index (χ4v) is 2.19. The molecule has 1 aliphatic heterocycles. The van der Waals surface area contributed by atoms with Crippen molar-refractivity contribution in [2.75, 3.05) is 25.2 Å². The second kappa shape index (κ2) is 5.14. The normalized spacial score (nSPS) is 16.8. The van der Waals surface area contributed by atoms with Gasteiger partial charge in [0, 0.05) is 32.4 Å². The molecule has 5 heteroatoms. The number of nitro groups is 1. The zero-order valence-corrected chi connectivity index (χ0v) is 9.83. The van der Waals surface area contributed by atoms with E-state index >= 15 is 0 Å². The van der Waals surface area contributed by atoms with Crippen molar-refractivity contribution >= 4 is 11.4 Å². The van der Waals surface area contributed by atoms with Crippen LogP contribution < -0.4 is 4.90 Å². The Morgan fingerprint density at radius 3 is 2.65 bits per heavy atom. The SMILES string of the molecule is CN(c1ccccc1[N+](=O)[O-])C1CCOCC1. The number of nitrogens with zero attached hydrogens (tertiary/aromatic N) is 2. The molecule has 92 valence electrons. The van der Waals surface area contributed by atoms with Gasteiger partial charge in [0.2, 0.25) is 0 Å². The predicted molar refractivity (Wildman–Crippen MR) is 65.3 cm³/mol.